The van der Waals surface area contributed by atoms with Crippen LogP contribution in [0.1, 0.15) is 13.8 Å². The molecule has 5 nitrogen and oxygen atoms in total. The number of nitrogens with two attached hydrogens (primary N) is 1. The van der Waals surface area contributed by atoms with E-state index in [-0.39, 0.29) is 5.75 Å². The Hall–Kier alpha value is -0.170. The van der Waals surface area contributed by atoms with Gasteiger partial charge < -0.3 is 10.5 Å². The van der Waals surface area contributed by atoms with Gasteiger partial charge in [-0.15, -0.1) is 0 Å². The average Bonchev–Trinajstić information content (AvgIpc) is 2.18. The minimum absolute atomic E-state index is 0.133. The Morgan fingerprint density at radius 1 is 1.57 bits per heavy atom. The largest absolute Gasteiger partial charge is 0.371 e. The lowest BCUT2D eigenvalue weighted by atomic mass is 10.1. The molecule has 1 unspecified atom stereocenters. The first-order valence-electron chi connectivity index (χ1n) is 4.75. The van der Waals surface area contributed by atoms with Crippen molar-refractivity contribution in [2.45, 2.75) is 19.4 Å². The van der Waals surface area contributed by atoms with Crippen LogP contribution in [0.15, 0.2) is 0 Å². The summed E-state index contributed by atoms with van der Waals surface area (Å²) in [5.74, 6) is 0.133. The third-order valence-electron chi connectivity index (χ3n) is 2.49. The summed E-state index contributed by atoms with van der Waals surface area (Å²) in [6, 6.07) is 0. The molecule has 0 aliphatic carbocycles. The summed E-state index contributed by atoms with van der Waals surface area (Å²) < 4.78 is 30.1. The van der Waals surface area contributed by atoms with Gasteiger partial charge in [-0.1, -0.05) is 0 Å². The third kappa shape index (κ3) is 2.44. The molecule has 1 rings (SSSR count). The zero-order valence-corrected chi connectivity index (χ0v) is 9.51. The summed E-state index contributed by atoms with van der Waals surface area (Å²) in [4.78, 5) is 0. The van der Waals surface area contributed by atoms with Crippen molar-refractivity contribution in [2.24, 2.45) is 5.73 Å². The number of nitrogens with zero attached hydrogens (tertiary/aromatic N) is 1. The Morgan fingerprint density at radius 3 is 2.71 bits per heavy atom. The van der Waals surface area contributed by atoms with Crippen LogP contribution < -0.4 is 5.73 Å². The highest BCUT2D eigenvalue weighted by atomic mass is 32.2. The fourth-order valence-corrected chi connectivity index (χ4v) is 2.62. The van der Waals surface area contributed by atoms with Crippen LogP contribution >= 0.6 is 0 Å². The van der Waals surface area contributed by atoms with Gasteiger partial charge in [0.1, 0.15) is 0 Å². The molecule has 0 aromatic rings. The number of sulfonamides is 1. The predicted octanol–water partition coefficient (Wildman–Crippen LogP) is -0.614. The van der Waals surface area contributed by atoms with Crippen LogP contribution in [-0.2, 0) is 14.8 Å². The topological polar surface area (TPSA) is 72.6 Å². The lowest BCUT2D eigenvalue weighted by Crippen LogP contribution is -2.55. The number of hydrogen-bond acceptors (Lipinski definition) is 4. The van der Waals surface area contributed by atoms with Crippen molar-refractivity contribution in [1.29, 1.82) is 0 Å². The highest BCUT2D eigenvalue weighted by Gasteiger charge is 2.35. The van der Waals surface area contributed by atoms with Gasteiger partial charge in [-0.05, 0) is 13.8 Å². The van der Waals surface area contributed by atoms with Gasteiger partial charge >= 0.3 is 0 Å². The molecule has 2 N–H and O–H groups in total. The van der Waals surface area contributed by atoms with E-state index in [4.69, 9.17) is 10.5 Å². The van der Waals surface area contributed by atoms with Gasteiger partial charge in [-0.2, -0.15) is 4.31 Å². The molecule has 14 heavy (non-hydrogen) atoms. The second-order valence-corrected chi connectivity index (χ2v) is 5.99. The van der Waals surface area contributed by atoms with Crippen molar-refractivity contribution in [1.82, 2.24) is 4.31 Å². The molecule has 1 saturated heterocycles. The maximum Gasteiger partial charge on any atom is 0.214 e. The lowest BCUT2D eigenvalue weighted by Gasteiger charge is -2.38. The molecule has 0 amide bonds. The summed E-state index contributed by atoms with van der Waals surface area (Å²) in [6.45, 7) is 5.04. The van der Waals surface area contributed by atoms with E-state index in [1.165, 1.54) is 4.31 Å². The summed E-state index contributed by atoms with van der Waals surface area (Å²) in [7, 11) is -3.10. The minimum atomic E-state index is -3.10. The Balaban J connectivity index is 2.75. The standard InChI is InChI=1S/C8H18N2O3S/c1-3-14(11,12)10-4-5-13-8(2,6-9)7-10/h3-7,9H2,1-2H3. The summed E-state index contributed by atoms with van der Waals surface area (Å²) in [5.41, 5.74) is 5.01. The number of ether oxygens (including phenoxy) is 1. The summed E-state index contributed by atoms with van der Waals surface area (Å²) in [6.07, 6.45) is 0. The second kappa shape index (κ2) is 4.14. The molecule has 1 fully saturated rings. The molecule has 1 heterocycles. The number of hydrogen-bond donors (Lipinski definition) is 1. The van der Waals surface area contributed by atoms with Gasteiger partial charge in [0.2, 0.25) is 10.0 Å². The van der Waals surface area contributed by atoms with Crippen LogP contribution in [-0.4, -0.2) is 50.3 Å². The van der Waals surface area contributed by atoms with Crippen LogP contribution in [0.3, 0.4) is 0 Å². The van der Waals surface area contributed by atoms with E-state index in [0.717, 1.165) is 0 Å². The van der Waals surface area contributed by atoms with Gasteiger partial charge in [0, 0.05) is 19.6 Å². The van der Waals surface area contributed by atoms with Crippen LogP contribution in [0.4, 0.5) is 0 Å². The van der Waals surface area contributed by atoms with E-state index >= 15 is 0 Å². The molecule has 1 aliphatic rings. The van der Waals surface area contributed by atoms with Crippen LogP contribution in [0.5, 0.6) is 0 Å². The molecular formula is C8H18N2O3S. The van der Waals surface area contributed by atoms with Crippen LogP contribution in [0.2, 0.25) is 0 Å². The van der Waals surface area contributed by atoms with E-state index in [2.05, 4.69) is 0 Å². The first kappa shape index (κ1) is 11.9. The van der Waals surface area contributed by atoms with Gasteiger partial charge in [0.05, 0.1) is 18.0 Å². The summed E-state index contributed by atoms with van der Waals surface area (Å²) in [5, 5.41) is 0. The highest BCUT2D eigenvalue weighted by molar-refractivity contribution is 7.89. The third-order valence-corrected chi connectivity index (χ3v) is 4.32. The zero-order chi connectivity index (χ0) is 10.8. The Bertz CT molecular complexity index is 291. The fraction of sp³-hybridized carbons (Fsp3) is 1.00. The van der Waals surface area contributed by atoms with E-state index < -0.39 is 15.6 Å². The molecule has 0 aromatic heterocycles. The van der Waals surface area contributed by atoms with Gasteiger partial charge in [-0.25, -0.2) is 8.42 Å². The van der Waals surface area contributed by atoms with Crippen LogP contribution in [0.25, 0.3) is 0 Å². The van der Waals surface area contributed by atoms with Crippen molar-refractivity contribution < 1.29 is 13.2 Å². The zero-order valence-electron chi connectivity index (χ0n) is 8.69. The predicted molar refractivity (Wildman–Crippen MR) is 54.4 cm³/mol. The highest BCUT2D eigenvalue weighted by Crippen LogP contribution is 2.18. The summed E-state index contributed by atoms with van der Waals surface area (Å²) >= 11 is 0. The molecule has 1 atom stereocenters. The lowest BCUT2D eigenvalue weighted by molar-refractivity contribution is -0.0701. The van der Waals surface area contributed by atoms with E-state index in [0.29, 0.717) is 26.2 Å². The molecule has 0 radical (unpaired) electrons. The molecule has 0 aromatic carbocycles. The SMILES string of the molecule is CCS(=O)(=O)N1CCOC(C)(CN)C1. The first-order chi connectivity index (χ1) is 6.43. The minimum Gasteiger partial charge on any atom is -0.371 e. The Kier molecular flexibility index (Phi) is 3.52. The first-order valence-corrected chi connectivity index (χ1v) is 6.36. The fourth-order valence-electron chi connectivity index (χ4n) is 1.44. The smallest absolute Gasteiger partial charge is 0.214 e. The molecule has 0 saturated carbocycles. The normalized spacial score (nSPS) is 30.5. The van der Waals surface area contributed by atoms with Crippen molar-refractivity contribution in [3.8, 4) is 0 Å². The van der Waals surface area contributed by atoms with E-state index in [9.17, 15) is 8.42 Å². The maximum atomic E-state index is 11.6. The van der Waals surface area contributed by atoms with Crippen LogP contribution in [0, 0.1) is 0 Å². The molecular weight excluding hydrogens is 204 g/mol. The number of morpholine rings is 1. The Labute approximate surface area is 85.3 Å². The second-order valence-electron chi connectivity index (χ2n) is 3.74. The van der Waals surface area contributed by atoms with E-state index in [1.807, 2.05) is 6.92 Å². The van der Waals surface area contributed by atoms with Crippen molar-refractivity contribution in [3.63, 3.8) is 0 Å². The maximum absolute atomic E-state index is 11.6. The molecule has 6 heteroatoms. The quantitative estimate of drug-likeness (QED) is 0.691. The molecule has 0 spiro atoms. The van der Waals surface area contributed by atoms with Crippen molar-refractivity contribution >= 4 is 10.0 Å². The van der Waals surface area contributed by atoms with Crippen molar-refractivity contribution in [2.75, 3.05) is 32.0 Å². The molecule has 1 aliphatic heterocycles. The van der Waals surface area contributed by atoms with Gasteiger partial charge in [0.25, 0.3) is 0 Å². The Morgan fingerprint density at radius 2 is 2.21 bits per heavy atom. The van der Waals surface area contributed by atoms with E-state index in [1.54, 1.807) is 6.92 Å². The van der Waals surface area contributed by atoms with Crippen molar-refractivity contribution in [3.05, 3.63) is 0 Å². The van der Waals surface area contributed by atoms with Gasteiger partial charge in [0.15, 0.2) is 0 Å². The molecule has 0 bridgehead atoms. The molecule has 84 valence electrons. The number of rotatable bonds is 3. The van der Waals surface area contributed by atoms with Gasteiger partial charge in [-0.3, -0.25) is 0 Å². The average molecular weight is 222 g/mol. The monoisotopic (exact) mass is 222 g/mol.